The van der Waals surface area contributed by atoms with Gasteiger partial charge in [0.1, 0.15) is 5.75 Å². The summed E-state index contributed by atoms with van der Waals surface area (Å²) in [7, 11) is 1.26. The Hall–Kier alpha value is -3.66. The van der Waals surface area contributed by atoms with Crippen molar-refractivity contribution in [2.24, 2.45) is 0 Å². The highest BCUT2D eigenvalue weighted by molar-refractivity contribution is 6.04. The molecule has 1 unspecified atom stereocenters. The summed E-state index contributed by atoms with van der Waals surface area (Å²) in [6.07, 6.45) is 0. The molecule has 0 bridgehead atoms. The minimum Gasteiger partial charge on any atom is -0.482 e. The second kappa shape index (κ2) is 9.15. The quantitative estimate of drug-likeness (QED) is 0.594. The van der Waals surface area contributed by atoms with Crippen LogP contribution in [0.1, 0.15) is 33.2 Å². The largest absolute Gasteiger partial charge is 0.482 e. The maximum Gasteiger partial charge on any atom is 0.343 e. The van der Waals surface area contributed by atoms with E-state index in [1.54, 1.807) is 31.2 Å². The predicted molar refractivity (Wildman–Crippen MR) is 96.4 cm³/mol. The second-order valence-electron chi connectivity index (χ2n) is 5.64. The van der Waals surface area contributed by atoms with Crippen molar-refractivity contribution in [3.05, 3.63) is 65.2 Å². The Morgan fingerprint density at radius 3 is 2.19 bits per heavy atom. The van der Waals surface area contributed by atoms with Crippen LogP contribution in [-0.4, -0.2) is 37.4 Å². The van der Waals surface area contributed by atoms with Gasteiger partial charge in [0, 0.05) is 11.1 Å². The van der Waals surface area contributed by atoms with Crippen molar-refractivity contribution in [3.8, 4) is 11.8 Å². The number of nitriles is 1. The van der Waals surface area contributed by atoms with Crippen LogP contribution in [0.5, 0.6) is 5.75 Å². The molecule has 1 atom stereocenters. The summed E-state index contributed by atoms with van der Waals surface area (Å²) in [6.45, 7) is 1.37. The topological polar surface area (TPSA) is 105 Å². The Morgan fingerprint density at radius 1 is 1.04 bits per heavy atom. The number of carbonyl (C=O) groups excluding carboxylic acids is 3. The minimum atomic E-state index is -0.741. The third-order valence-corrected chi connectivity index (χ3v) is 3.74. The fraction of sp³-hybridized carbons (Fsp3) is 0.200. The van der Waals surface area contributed by atoms with Gasteiger partial charge in [-0.1, -0.05) is 0 Å². The molecule has 0 radical (unpaired) electrons. The summed E-state index contributed by atoms with van der Waals surface area (Å²) in [5, 5.41) is 11.4. The summed E-state index contributed by atoms with van der Waals surface area (Å²) in [6, 6.07) is 13.6. The van der Waals surface area contributed by atoms with Crippen molar-refractivity contribution < 1.29 is 23.9 Å². The molecule has 0 aromatic heterocycles. The zero-order chi connectivity index (χ0) is 19.8. The average molecular weight is 366 g/mol. The number of Topliss-reactive ketones (excluding diaryl/α,β-unsaturated/α-hetero) is 1. The van der Waals surface area contributed by atoms with Gasteiger partial charge < -0.3 is 14.8 Å². The molecule has 27 heavy (non-hydrogen) atoms. The van der Waals surface area contributed by atoms with Gasteiger partial charge in [-0.2, -0.15) is 5.26 Å². The fourth-order valence-electron chi connectivity index (χ4n) is 2.21. The van der Waals surface area contributed by atoms with Crippen molar-refractivity contribution in [1.29, 1.82) is 5.26 Å². The molecule has 0 fully saturated rings. The average Bonchev–Trinajstić information content (AvgIpc) is 2.71. The molecule has 2 aromatic rings. The van der Waals surface area contributed by atoms with E-state index in [9.17, 15) is 14.4 Å². The van der Waals surface area contributed by atoms with E-state index in [0.29, 0.717) is 22.4 Å². The van der Waals surface area contributed by atoms with E-state index in [2.05, 4.69) is 10.1 Å². The van der Waals surface area contributed by atoms with Crippen LogP contribution in [-0.2, 0) is 9.53 Å². The predicted octanol–water partition coefficient (Wildman–Crippen LogP) is 2.11. The van der Waals surface area contributed by atoms with Gasteiger partial charge in [-0.25, -0.2) is 4.79 Å². The molecule has 2 rings (SSSR count). The Kier molecular flexibility index (Phi) is 6.67. The lowest BCUT2D eigenvalue weighted by atomic mass is 10.0. The number of ketones is 1. The number of hydrogen-bond acceptors (Lipinski definition) is 6. The number of ether oxygens (including phenoxy) is 2. The molecule has 1 N–H and O–H groups in total. The van der Waals surface area contributed by atoms with Crippen molar-refractivity contribution in [3.63, 3.8) is 0 Å². The fourth-order valence-corrected chi connectivity index (χ4v) is 2.21. The number of hydrogen-bond donors (Lipinski definition) is 1. The highest BCUT2D eigenvalue weighted by Gasteiger charge is 2.18. The smallest absolute Gasteiger partial charge is 0.343 e. The molecule has 0 spiro atoms. The number of methoxy groups -OCH3 is 1. The van der Waals surface area contributed by atoms with Crippen molar-refractivity contribution >= 4 is 17.7 Å². The van der Waals surface area contributed by atoms with E-state index >= 15 is 0 Å². The van der Waals surface area contributed by atoms with Gasteiger partial charge in [-0.15, -0.1) is 0 Å². The third-order valence-electron chi connectivity index (χ3n) is 3.74. The molecule has 2 aromatic carbocycles. The molecule has 1 amide bonds. The van der Waals surface area contributed by atoms with Crippen molar-refractivity contribution in [2.45, 2.75) is 13.0 Å². The summed E-state index contributed by atoms with van der Waals surface area (Å²) in [5.74, 6) is -0.754. The minimum absolute atomic E-state index is 0.221. The molecule has 0 aliphatic rings. The van der Waals surface area contributed by atoms with Crippen LogP contribution in [0.3, 0.4) is 0 Å². The summed E-state index contributed by atoms with van der Waals surface area (Å²) in [4.78, 5) is 35.7. The Balaban J connectivity index is 1.96. The molecule has 0 aliphatic carbocycles. The zero-order valence-electron chi connectivity index (χ0n) is 14.9. The van der Waals surface area contributed by atoms with Crippen LogP contribution in [0, 0.1) is 11.3 Å². The number of rotatable bonds is 7. The van der Waals surface area contributed by atoms with E-state index in [4.69, 9.17) is 10.00 Å². The van der Waals surface area contributed by atoms with Gasteiger partial charge in [0.2, 0.25) is 0 Å². The molecule has 0 saturated heterocycles. The van der Waals surface area contributed by atoms with E-state index in [1.165, 1.54) is 31.4 Å². The van der Waals surface area contributed by atoms with Gasteiger partial charge in [0.05, 0.1) is 24.8 Å². The van der Waals surface area contributed by atoms with Crippen molar-refractivity contribution in [1.82, 2.24) is 5.32 Å². The SMILES string of the molecule is COC(=O)COc1ccc(C(=O)C(C)NC(=O)c2ccc(C#N)cc2)cc1. The van der Waals surface area contributed by atoms with Crippen LogP contribution in [0.4, 0.5) is 0 Å². The van der Waals surface area contributed by atoms with Crippen LogP contribution in [0.15, 0.2) is 48.5 Å². The molecular formula is C20H18N2O5. The lowest BCUT2D eigenvalue weighted by Gasteiger charge is -2.13. The molecule has 0 heterocycles. The third kappa shape index (κ3) is 5.41. The van der Waals surface area contributed by atoms with Crippen LogP contribution in [0.25, 0.3) is 0 Å². The summed E-state index contributed by atoms with van der Waals surface area (Å²) in [5.41, 5.74) is 1.21. The highest BCUT2D eigenvalue weighted by Crippen LogP contribution is 2.14. The normalized spacial score (nSPS) is 11.0. The number of nitrogens with one attached hydrogen (secondary N) is 1. The van der Waals surface area contributed by atoms with Gasteiger partial charge >= 0.3 is 5.97 Å². The van der Waals surface area contributed by atoms with E-state index in [1.807, 2.05) is 6.07 Å². The monoisotopic (exact) mass is 366 g/mol. The second-order valence-corrected chi connectivity index (χ2v) is 5.64. The molecule has 7 nitrogen and oxygen atoms in total. The lowest BCUT2D eigenvalue weighted by molar-refractivity contribution is -0.142. The Morgan fingerprint density at radius 2 is 1.63 bits per heavy atom. The number of esters is 1. The molecular weight excluding hydrogens is 348 g/mol. The Bertz CT molecular complexity index is 867. The first-order chi connectivity index (χ1) is 12.9. The van der Waals surface area contributed by atoms with Crippen LogP contribution in [0.2, 0.25) is 0 Å². The standard InChI is InChI=1S/C20H18N2O5/c1-13(22-20(25)16-5-3-14(11-21)4-6-16)19(24)15-7-9-17(10-8-15)27-12-18(23)26-2/h3-10,13H,12H2,1-2H3,(H,22,25). The number of nitrogens with zero attached hydrogens (tertiary/aromatic N) is 1. The number of carbonyl (C=O) groups is 3. The maximum absolute atomic E-state index is 12.5. The lowest BCUT2D eigenvalue weighted by Crippen LogP contribution is -2.38. The Labute approximate surface area is 156 Å². The molecule has 0 saturated carbocycles. The maximum atomic E-state index is 12.5. The van der Waals surface area contributed by atoms with E-state index in [-0.39, 0.29) is 12.4 Å². The summed E-state index contributed by atoms with van der Waals surface area (Å²) < 4.78 is 9.69. The highest BCUT2D eigenvalue weighted by atomic mass is 16.6. The van der Waals surface area contributed by atoms with E-state index in [0.717, 1.165) is 0 Å². The van der Waals surface area contributed by atoms with Crippen molar-refractivity contribution in [2.75, 3.05) is 13.7 Å². The first-order valence-electron chi connectivity index (χ1n) is 8.09. The first-order valence-corrected chi connectivity index (χ1v) is 8.09. The number of benzene rings is 2. The number of amides is 1. The van der Waals surface area contributed by atoms with Crippen LogP contribution < -0.4 is 10.1 Å². The molecule has 7 heteroatoms. The van der Waals surface area contributed by atoms with Gasteiger partial charge in [0.15, 0.2) is 12.4 Å². The first kappa shape index (κ1) is 19.7. The zero-order valence-corrected chi connectivity index (χ0v) is 14.9. The molecule has 138 valence electrons. The van der Waals surface area contributed by atoms with E-state index < -0.39 is 17.9 Å². The summed E-state index contributed by atoms with van der Waals surface area (Å²) >= 11 is 0. The molecule has 0 aliphatic heterocycles. The van der Waals surface area contributed by atoms with Gasteiger partial charge in [0.25, 0.3) is 5.91 Å². The van der Waals surface area contributed by atoms with Crippen LogP contribution >= 0.6 is 0 Å². The van der Waals surface area contributed by atoms with Gasteiger partial charge in [-0.3, -0.25) is 9.59 Å². The van der Waals surface area contributed by atoms with Gasteiger partial charge in [-0.05, 0) is 55.5 Å².